The number of hydrogen-bond acceptors (Lipinski definition) is 2. The first-order chi connectivity index (χ1) is 9.19. The van der Waals surface area contributed by atoms with Crippen LogP contribution in [0.25, 0.3) is 0 Å². The van der Waals surface area contributed by atoms with E-state index in [1.165, 1.54) is 32.0 Å². The molecule has 0 spiro atoms. The molecule has 1 aliphatic heterocycles. The zero-order valence-electron chi connectivity index (χ0n) is 12.0. The number of nitrogens with zero attached hydrogens (tertiary/aromatic N) is 1. The molecule has 1 N–H and O–H groups in total. The highest BCUT2D eigenvalue weighted by Gasteiger charge is 2.17. The lowest BCUT2D eigenvalue weighted by atomic mass is 10.0. The van der Waals surface area contributed by atoms with Gasteiger partial charge in [0.05, 0.1) is 0 Å². The summed E-state index contributed by atoms with van der Waals surface area (Å²) in [6.07, 6.45) is 3.63. The van der Waals surface area contributed by atoms with Crippen molar-refractivity contribution in [2.45, 2.75) is 45.2 Å². The van der Waals surface area contributed by atoms with Gasteiger partial charge in [0.1, 0.15) is 5.82 Å². The normalized spacial score (nSPS) is 19.5. The molecule has 0 amide bonds. The number of likely N-dealkylation sites (tertiary alicyclic amines) is 1. The van der Waals surface area contributed by atoms with Crippen molar-refractivity contribution >= 4 is 0 Å². The molecule has 106 valence electrons. The molecular formula is C16H25FN2. The van der Waals surface area contributed by atoms with E-state index in [2.05, 4.69) is 24.1 Å². The van der Waals surface area contributed by atoms with Crippen molar-refractivity contribution in [2.75, 3.05) is 19.6 Å². The van der Waals surface area contributed by atoms with Crippen LogP contribution in [0.4, 0.5) is 4.39 Å². The highest BCUT2D eigenvalue weighted by Crippen LogP contribution is 2.18. The molecule has 1 fully saturated rings. The summed E-state index contributed by atoms with van der Waals surface area (Å²) < 4.78 is 13.3. The topological polar surface area (TPSA) is 15.3 Å². The Morgan fingerprint density at radius 1 is 1.32 bits per heavy atom. The van der Waals surface area contributed by atoms with Crippen molar-refractivity contribution in [3.8, 4) is 0 Å². The van der Waals surface area contributed by atoms with E-state index >= 15 is 0 Å². The van der Waals surface area contributed by atoms with Crippen LogP contribution >= 0.6 is 0 Å². The molecule has 0 bridgehead atoms. The van der Waals surface area contributed by atoms with E-state index in [0.717, 1.165) is 18.5 Å². The zero-order chi connectivity index (χ0) is 13.7. The smallest absolute Gasteiger partial charge is 0.123 e. The van der Waals surface area contributed by atoms with E-state index in [1.54, 1.807) is 12.1 Å². The SMILES string of the molecule is CCC(NC(C)CN1CCCC1)c1cccc(F)c1. The summed E-state index contributed by atoms with van der Waals surface area (Å²) >= 11 is 0. The molecule has 1 saturated heterocycles. The van der Waals surface area contributed by atoms with Crippen molar-refractivity contribution in [2.24, 2.45) is 0 Å². The van der Waals surface area contributed by atoms with Crippen LogP contribution in [-0.4, -0.2) is 30.6 Å². The van der Waals surface area contributed by atoms with Gasteiger partial charge in [-0.2, -0.15) is 0 Å². The maximum absolute atomic E-state index is 13.3. The summed E-state index contributed by atoms with van der Waals surface area (Å²) in [5, 5.41) is 3.63. The van der Waals surface area contributed by atoms with Crippen LogP contribution < -0.4 is 5.32 Å². The van der Waals surface area contributed by atoms with E-state index in [4.69, 9.17) is 0 Å². The Labute approximate surface area is 116 Å². The average Bonchev–Trinajstić information content (AvgIpc) is 2.88. The van der Waals surface area contributed by atoms with Gasteiger partial charge in [-0.05, 0) is 57.0 Å². The predicted molar refractivity (Wildman–Crippen MR) is 77.7 cm³/mol. The third-order valence-electron chi connectivity index (χ3n) is 3.88. The van der Waals surface area contributed by atoms with Crippen LogP contribution in [0, 0.1) is 5.82 Å². The molecule has 2 unspecified atom stereocenters. The van der Waals surface area contributed by atoms with Gasteiger partial charge in [-0.15, -0.1) is 0 Å². The first-order valence-electron chi connectivity index (χ1n) is 7.43. The van der Waals surface area contributed by atoms with E-state index in [1.807, 2.05) is 6.07 Å². The van der Waals surface area contributed by atoms with Gasteiger partial charge in [-0.3, -0.25) is 0 Å². The van der Waals surface area contributed by atoms with Crippen LogP contribution in [0.2, 0.25) is 0 Å². The fourth-order valence-corrected chi connectivity index (χ4v) is 2.92. The fraction of sp³-hybridized carbons (Fsp3) is 0.625. The molecule has 2 atom stereocenters. The molecule has 0 aromatic heterocycles. The van der Waals surface area contributed by atoms with Gasteiger partial charge in [0.15, 0.2) is 0 Å². The number of hydrogen-bond donors (Lipinski definition) is 1. The van der Waals surface area contributed by atoms with Crippen LogP contribution in [0.5, 0.6) is 0 Å². The molecule has 1 aliphatic rings. The Balaban J connectivity index is 1.90. The zero-order valence-corrected chi connectivity index (χ0v) is 12.0. The maximum atomic E-state index is 13.3. The molecule has 1 aromatic carbocycles. The number of nitrogens with one attached hydrogen (secondary N) is 1. The Morgan fingerprint density at radius 3 is 2.68 bits per heavy atom. The van der Waals surface area contributed by atoms with Crippen LogP contribution in [0.3, 0.4) is 0 Å². The van der Waals surface area contributed by atoms with Gasteiger partial charge in [-0.25, -0.2) is 4.39 Å². The second kappa shape index (κ2) is 7.01. The number of rotatable bonds is 6. The Kier molecular flexibility index (Phi) is 5.34. The molecular weight excluding hydrogens is 239 g/mol. The molecule has 1 heterocycles. The van der Waals surface area contributed by atoms with E-state index in [-0.39, 0.29) is 11.9 Å². The molecule has 19 heavy (non-hydrogen) atoms. The third kappa shape index (κ3) is 4.29. The lowest BCUT2D eigenvalue weighted by Gasteiger charge is -2.26. The van der Waals surface area contributed by atoms with Crippen molar-refractivity contribution < 1.29 is 4.39 Å². The van der Waals surface area contributed by atoms with E-state index in [0.29, 0.717) is 6.04 Å². The maximum Gasteiger partial charge on any atom is 0.123 e. The lowest BCUT2D eigenvalue weighted by Crippen LogP contribution is -2.39. The van der Waals surface area contributed by atoms with Crippen molar-refractivity contribution in [3.63, 3.8) is 0 Å². The van der Waals surface area contributed by atoms with Gasteiger partial charge in [-0.1, -0.05) is 19.1 Å². The molecule has 0 radical (unpaired) electrons. The van der Waals surface area contributed by atoms with Crippen LogP contribution in [0.15, 0.2) is 24.3 Å². The Morgan fingerprint density at radius 2 is 2.05 bits per heavy atom. The van der Waals surface area contributed by atoms with E-state index < -0.39 is 0 Å². The largest absolute Gasteiger partial charge is 0.306 e. The van der Waals surface area contributed by atoms with Gasteiger partial charge in [0.2, 0.25) is 0 Å². The van der Waals surface area contributed by atoms with Crippen LogP contribution in [0.1, 0.15) is 44.7 Å². The molecule has 1 aromatic rings. The van der Waals surface area contributed by atoms with Crippen molar-refractivity contribution in [1.82, 2.24) is 10.2 Å². The first kappa shape index (κ1) is 14.5. The van der Waals surface area contributed by atoms with Crippen molar-refractivity contribution in [3.05, 3.63) is 35.6 Å². The van der Waals surface area contributed by atoms with Gasteiger partial charge in [0, 0.05) is 18.6 Å². The number of halogens is 1. The summed E-state index contributed by atoms with van der Waals surface area (Å²) in [5.41, 5.74) is 1.05. The first-order valence-corrected chi connectivity index (χ1v) is 7.43. The molecule has 0 saturated carbocycles. The van der Waals surface area contributed by atoms with Gasteiger partial charge >= 0.3 is 0 Å². The Hall–Kier alpha value is -0.930. The second-order valence-electron chi connectivity index (χ2n) is 5.59. The summed E-state index contributed by atoms with van der Waals surface area (Å²) in [4.78, 5) is 2.51. The van der Waals surface area contributed by atoms with Gasteiger partial charge < -0.3 is 10.2 Å². The minimum absolute atomic E-state index is 0.148. The molecule has 2 nitrogen and oxygen atoms in total. The lowest BCUT2D eigenvalue weighted by molar-refractivity contribution is 0.284. The van der Waals surface area contributed by atoms with Crippen molar-refractivity contribution in [1.29, 1.82) is 0 Å². The molecule has 0 aliphatic carbocycles. The third-order valence-corrected chi connectivity index (χ3v) is 3.88. The minimum atomic E-state index is -0.148. The second-order valence-corrected chi connectivity index (χ2v) is 5.59. The van der Waals surface area contributed by atoms with Gasteiger partial charge in [0.25, 0.3) is 0 Å². The quantitative estimate of drug-likeness (QED) is 0.847. The minimum Gasteiger partial charge on any atom is -0.306 e. The number of benzene rings is 1. The molecule has 3 heteroatoms. The molecule has 2 rings (SSSR count). The summed E-state index contributed by atoms with van der Waals surface area (Å²) in [6, 6.07) is 7.63. The fourth-order valence-electron chi connectivity index (χ4n) is 2.92. The Bertz CT molecular complexity index is 388. The summed E-state index contributed by atoms with van der Waals surface area (Å²) in [5.74, 6) is -0.148. The predicted octanol–water partition coefficient (Wildman–Crippen LogP) is 3.35. The monoisotopic (exact) mass is 264 g/mol. The summed E-state index contributed by atoms with van der Waals surface area (Å²) in [6.45, 7) is 7.91. The average molecular weight is 264 g/mol. The highest BCUT2D eigenvalue weighted by molar-refractivity contribution is 5.20. The summed E-state index contributed by atoms with van der Waals surface area (Å²) in [7, 11) is 0. The highest BCUT2D eigenvalue weighted by atomic mass is 19.1. The standard InChI is InChI=1S/C16H25FN2/c1-3-16(14-7-6-8-15(17)11-14)18-13(2)12-19-9-4-5-10-19/h6-8,11,13,16,18H,3-5,9-10,12H2,1-2H3. The van der Waals surface area contributed by atoms with Crippen LogP contribution in [-0.2, 0) is 0 Å². The van der Waals surface area contributed by atoms with E-state index in [9.17, 15) is 4.39 Å².